The summed E-state index contributed by atoms with van der Waals surface area (Å²) in [6.07, 6.45) is 0. The van der Waals surface area contributed by atoms with Crippen LogP contribution in [0.1, 0.15) is 41.4 Å². The molecule has 0 unspecified atom stereocenters. The Morgan fingerprint density at radius 1 is 1.18 bits per heavy atom. The quantitative estimate of drug-likeness (QED) is 0.652. The van der Waals surface area contributed by atoms with Gasteiger partial charge in [-0.2, -0.15) is 5.26 Å². The zero-order chi connectivity index (χ0) is 20.3. The second-order valence-corrected chi connectivity index (χ2v) is 7.14. The van der Waals surface area contributed by atoms with Gasteiger partial charge in [0.25, 0.3) is 5.91 Å². The molecule has 0 spiro atoms. The fourth-order valence-electron chi connectivity index (χ4n) is 2.81. The molecule has 1 heterocycles. The minimum Gasteiger partial charge on any atom is -0.329 e. The van der Waals surface area contributed by atoms with Crippen LogP contribution in [0.2, 0.25) is 5.02 Å². The molecule has 0 aliphatic heterocycles. The van der Waals surface area contributed by atoms with Gasteiger partial charge in [-0.15, -0.1) is 5.10 Å². The number of hydrogen-bond acceptors (Lipinski definition) is 4. The van der Waals surface area contributed by atoms with Crippen LogP contribution in [0.15, 0.2) is 48.5 Å². The lowest BCUT2D eigenvalue weighted by atomic mass is 10.1. The van der Waals surface area contributed by atoms with Crippen LogP contribution >= 0.6 is 11.6 Å². The predicted molar refractivity (Wildman–Crippen MR) is 107 cm³/mol. The number of halogens is 1. The number of amides is 1. The first kappa shape index (κ1) is 19.6. The summed E-state index contributed by atoms with van der Waals surface area (Å²) < 4.78 is 1.63. The molecule has 1 amide bonds. The van der Waals surface area contributed by atoms with Gasteiger partial charge >= 0.3 is 0 Å². The monoisotopic (exact) mass is 393 g/mol. The molecule has 1 aromatic heterocycles. The van der Waals surface area contributed by atoms with Gasteiger partial charge in [-0.25, -0.2) is 9.67 Å². The summed E-state index contributed by atoms with van der Waals surface area (Å²) in [7, 11) is 0. The minimum absolute atomic E-state index is 0.0362. The summed E-state index contributed by atoms with van der Waals surface area (Å²) in [5.74, 6) is 0.526. The summed E-state index contributed by atoms with van der Waals surface area (Å²) in [5.41, 5.74) is 2.32. The fourth-order valence-corrected chi connectivity index (χ4v) is 2.93. The van der Waals surface area contributed by atoms with Crippen molar-refractivity contribution in [2.75, 3.05) is 0 Å². The van der Waals surface area contributed by atoms with E-state index in [-0.39, 0.29) is 17.8 Å². The molecule has 3 rings (SSSR count). The number of hydrogen-bond donors (Lipinski definition) is 0. The number of rotatable bonds is 5. The van der Waals surface area contributed by atoms with E-state index >= 15 is 0 Å². The molecule has 3 aromatic rings. The predicted octanol–water partition coefficient (Wildman–Crippen LogP) is 4.15. The van der Waals surface area contributed by atoms with E-state index in [0.29, 0.717) is 23.0 Å². The Hall–Kier alpha value is -3.17. The maximum atomic E-state index is 13.1. The van der Waals surface area contributed by atoms with Crippen molar-refractivity contribution in [2.45, 2.75) is 33.4 Å². The summed E-state index contributed by atoms with van der Waals surface area (Å²) in [5, 5.41) is 14.0. The first-order valence-corrected chi connectivity index (χ1v) is 9.26. The standard InChI is InChI=1S/C21H20ClN5O/c1-14(2)26(13-17-6-4-16(12-23)5-7-17)21(28)20-24-15(3)27(25-20)19-10-8-18(22)9-11-19/h4-11,14H,13H2,1-3H3. The van der Waals surface area contributed by atoms with Gasteiger partial charge in [-0.3, -0.25) is 4.79 Å². The van der Waals surface area contributed by atoms with Gasteiger partial charge in [-0.1, -0.05) is 23.7 Å². The van der Waals surface area contributed by atoms with E-state index in [4.69, 9.17) is 16.9 Å². The molecule has 0 fully saturated rings. The number of nitriles is 1. The molecule has 0 N–H and O–H groups in total. The largest absolute Gasteiger partial charge is 0.329 e. The third kappa shape index (κ3) is 4.21. The number of carbonyl (C=O) groups is 1. The van der Waals surface area contributed by atoms with Crippen LogP contribution in [0.3, 0.4) is 0 Å². The summed E-state index contributed by atoms with van der Waals surface area (Å²) >= 11 is 5.94. The highest BCUT2D eigenvalue weighted by Gasteiger charge is 2.24. The number of aryl methyl sites for hydroxylation is 1. The first-order valence-electron chi connectivity index (χ1n) is 8.88. The van der Waals surface area contributed by atoms with Crippen molar-refractivity contribution in [3.63, 3.8) is 0 Å². The third-order valence-electron chi connectivity index (χ3n) is 4.35. The molecule has 0 bridgehead atoms. The first-order chi connectivity index (χ1) is 13.4. The molecule has 28 heavy (non-hydrogen) atoms. The van der Waals surface area contributed by atoms with E-state index < -0.39 is 0 Å². The van der Waals surface area contributed by atoms with Gasteiger partial charge in [-0.05, 0) is 62.7 Å². The lowest BCUT2D eigenvalue weighted by molar-refractivity contribution is 0.0677. The molecule has 7 heteroatoms. The van der Waals surface area contributed by atoms with Crippen molar-refractivity contribution in [2.24, 2.45) is 0 Å². The molecule has 0 radical (unpaired) electrons. The van der Waals surface area contributed by atoms with E-state index in [1.807, 2.05) is 38.1 Å². The Morgan fingerprint density at radius 3 is 2.39 bits per heavy atom. The average molecular weight is 394 g/mol. The second-order valence-electron chi connectivity index (χ2n) is 6.71. The van der Waals surface area contributed by atoms with Crippen LogP contribution in [0.25, 0.3) is 5.69 Å². The molecular formula is C21H20ClN5O. The molecular weight excluding hydrogens is 374 g/mol. The van der Waals surface area contributed by atoms with E-state index in [9.17, 15) is 4.79 Å². The smallest absolute Gasteiger partial charge is 0.294 e. The Kier molecular flexibility index (Phi) is 5.76. The topological polar surface area (TPSA) is 74.8 Å². The van der Waals surface area contributed by atoms with Gasteiger partial charge in [0.2, 0.25) is 5.82 Å². The maximum Gasteiger partial charge on any atom is 0.294 e. The van der Waals surface area contributed by atoms with E-state index in [1.54, 1.807) is 40.8 Å². The van der Waals surface area contributed by atoms with Gasteiger partial charge in [0.15, 0.2) is 0 Å². The molecule has 0 aliphatic rings. The fraction of sp³-hybridized carbons (Fsp3) is 0.238. The van der Waals surface area contributed by atoms with Crippen molar-refractivity contribution in [3.8, 4) is 11.8 Å². The Morgan fingerprint density at radius 2 is 1.82 bits per heavy atom. The maximum absolute atomic E-state index is 13.1. The van der Waals surface area contributed by atoms with Crippen molar-refractivity contribution < 1.29 is 4.79 Å². The summed E-state index contributed by atoms with van der Waals surface area (Å²) in [4.78, 5) is 19.2. The zero-order valence-electron chi connectivity index (χ0n) is 15.9. The molecule has 0 saturated carbocycles. The molecule has 0 aliphatic carbocycles. The Labute approximate surface area is 169 Å². The summed E-state index contributed by atoms with van der Waals surface area (Å²) in [6, 6.07) is 16.5. The third-order valence-corrected chi connectivity index (χ3v) is 4.60. The van der Waals surface area contributed by atoms with Crippen LogP contribution in [-0.2, 0) is 6.54 Å². The molecule has 0 saturated heterocycles. The van der Waals surface area contributed by atoms with Crippen molar-refractivity contribution in [1.29, 1.82) is 5.26 Å². The highest BCUT2D eigenvalue weighted by Crippen LogP contribution is 2.16. The van der Waals surface area contributed by atoms with Gasteiger partial charge < -0.3 is 4.90 Å². The number of aromatic nitrogens is 3. The van der Waals surface area contributed by atoms with Crippen LogP contribution in [-0.4, -0.2) is 31.6 Å². The van der Waals surface area contributed by atoms with Crippen LogP contribution in [0, 0.1) is 18.3 Å². The molecule has 142 valence electrons. The Balaban J connectivity index is 1.86. The SMILES string of the molecule is Cc1nc(C(=O)N(Cc2ccc(C#N)cc2)C(C)C)nn1-c1ccc(Cl)cc1. The lowest BCUT2D eigenvalue weighted by Crippen LogP contribution is -2.37. The van der Waals surface area contributed by atoms with Gasteiger partial charge in [0.05, 0.1) is 17.3 Å². The number of nitrogens with zero attached hydrogens (tertiary/aromatic N) is 5. The number of benzene rings is 2. The van der Waals surface area contributed by atoms with Crippen molar-refractivity contribution >= 4 is 17.5 Å². The normalized spacial score (nSPS) is 10.7. The van der Waals surface area contributed by atoms with Crippen molar-refractivity contribution in [3.05, 3.63) is 76.3 Å². The second kappa shape index (κ2) is 8.24. The van der Waals surface area contributed by atoms with E-state index in [0.717, 1.165) is 11.3 Å². The molecule has 6 nitrogen and oxygen atoms in total. The molecule has 2 aromatic carbocycles. The van der Waals surface area contributed by atoms with Crippen molar-refractivity contribution in [1.82, 2.24) is 19.7 Å². The Bertz CT molecular complexity index is 1020. The lowest BCUT2D eigenvalue weighted by Gasteiger charge is -2.25. The number of carbonyl (C=O) groups excluding carboxylic acids is 1. The minimum atomic E-state index is -0.241. The highest BCUT2D eigenvalue weighted by atomic mass is 35.5. The van der Waals surface area contributed by atoms with Crippen LogP contribution in [0.4, 0.5) is 0 Å². The van der Waals surface area contributed by atoms with Crippen LogP contribution < -0.4 is 0 Å². The van der Waals surface area contributed by atoms with Crippen LogP contribution in [0.5, 0.6) is 0 Å². The van der Waals surface area contributed by atoms with Gasteiger partial charge in [0, 0.05) is 17.6 Å². The van der Waals surface area contributed by atoms with Gasteiger partial charge in [0.1, 0.15) is 5.82 Å². The van der Waals surface area contributed by atoms with E-state index in [1.165, 1.54) is 0 Å². The highest BCUT2D eigenvalue weighted by molar-refractivity contribution is 6.30. The average Bonchev–Trinajstić information content (AvgIpc) is 3.08. The van der Waals surface area contributed by atoms with E-state index in [2.05, 4.69) is 16.2 Å². The molecule has 0 atom stereocenters. The summed E-state index contributed by atoms with van der Waals surface area (Å²) in [6.45, 7) is 6.12. The zero-order valence-corrected chi connectivity index (χ0v) is 16.7.